The van der Waals surface area contributed by atoms with E-state index in [-0.39, 0.29) is 0 Å². The molecule has 0 aromatic heterocycles. The summed E-state index contributed by atoms with van der Waals surface area (Å²) in [5.74, 6) is -0.931. The molecule has 0 saturated carbocycles. The molecule has 2 aliphatic heterocycles. The molecule has 3 aromatic rings. The Morgan fingerprint density at radius 3 is 1.80 bits per heavy atom. The Kier molecular flexibility index (Phi) is 4.60. The van der Waals surface area contributed by atoms with Gasteiger partial charge in [-0.15, -0.1) is 0 Å². The van der Waals surface area contributed by atoms with Gasteiger partial charge >= 0.3 is 11.9 Å². The molecule has 2 bridgehead atoms. The Hall–Kier alpha value is -3.44. The number of aryl methyl sites for hydroxylation is 1. The normalized spacial score (nSPS) is 23.6. The fourth-order valence-corrected chi connectivity index (χ4v) is 4.27. The minimum Gasteiger partial charge on any atom is -0.452 e. The minimum absolute atomic E-state index is 0.442. The number of hydrogen-bond acceptors (Lipinski definition) is 5. The first-order valence-corrected chi connectivity index (χ1v) is 9.90. The van der Waals surface area contributed by atoms with Gasteiger partial charge in [-0.3, -0.25) is 0 Å². The summed E-state index contributed by atoms with van der Waals surface area (Å²) in [5.41, 5.74) is 3.95. The Labute approximate surface area is 174 Å². The molecule has 5 rings (SSSR count). The van der Waals surface area contributed by atoms with Crippen LogP contribution >= 0.6 is 0 Å². The lowest BCUT2D eigenvalue weighted by Crippen LogP contribution is -2.39. The third-order valence-corrected chi connectivity index (χ3v) is 5.67. The standard InChI is InChI=1S/C25H20O5/c1-15-9-8-14-18-19(15)21-23(30-25(27)17-12-6-3-7-13-17)22(20(18)28-21)29-24(26)16-10-4-2-5-11-16/h2-14,20-23H,1H3. The van der Waals surface area contributed by atoms with Gasteiger partial charge in [-0.1, -0.05) is 54.6 Å². The summed E-state index contributed by atoms with van der Waals surface area (Å²) in [4.78, 5) is 25.5. The van der Waals surface area contributed by atoms with Gasteiger partial charge in [-0.25, -0.2) is 9.59 Å². The fourth-order valence-electron chi connectivity index (χ4n) is 4.27. The summed E-state index contributed by atoms with van der Waals surface area (Å²) in [6.45, 7) is 2.00. The quantitative estimate of drug-likeness (QED) is 0.600. The number of ether oxygens (including phenoxy) is 3. The molecule has 30 heavy (non-hydrogen) atoms. The lowest BCUT2D eigenvalue weighted by atomic mass is 9.85. The second kappa shape index (κ2) is 7.43. The van der Waals surface area contributed by atoms with Crippen molar-refractivity contribution >= 4 is 11.9 Å². The summed E-state index contributed by atoms with van der Waals surface area (Å²) < 4.78 is 17.9. The van der Waals surface area contributed by atoms with Crippen LogP contribution in [0.4, 0.5) is 0 Å². The molecule has 3 aromatic carbocycles. The van der Waals surface area contributed by atoms with E-state index in [1.165, 1.54) is 0 Å². The zero-order valence-electron chi connectivity index (χ0n) is 16.4. The zero-order valence-corrected chi connectivity index (χ0v) is 16.4. The van der Waals surface area contributed by atoms with Gasteiger partial charge in [0, 0.05) is 0 Å². The summed E-state index contributed by atoms with van der Waals surface area (Å²) in [6, 6.07) is 23.5. The molecule has 1 fully saturated rings. The highest BCUT2D eigenvalue weighted by Gasteiger charge is 2.57. The summed E-state index contributed by atoms with van der Waals surface area (Å²) in [6.07, 6.45) is -2.37. The molecule has 5 heteroatoms. The van der Waals surface area contributed by atoms with Crippen LogP contribution in [0.3, 0.4) is 0 Å². The van der Waals surface area contributed by atoms with Gasteiger partial charge < -0.3 is 14.2 Å². The number of rotatable bonds is 4. The molecule has 0 spiro atoms. The molecule has 1 saturated heterocycles. The molecule has 5 nitrogen and oxygen atoms in total. The summed E-state index contributed by atoms with van der Waals surface area (Å²) >= 11 is 0. The highest BCUT2D eigenvalue weighted by molar-refractivity contribution is 5.90. The van der Waals surface area contributed by atoms with Crippen LogP contribution in [0.2, 0.25) is 0 Å². The Bertz CT molecular complexity index is 1090. The van der Waals surface area contributed by atoms with Crippen LogP contribution in [0.25, 0.3) is 0 Å². The van der Waals surface area contributed by atoms with Crippen LogP contribution < -0.4 is 0 Å². The Balaban J connectivity index is 1.47. The predicted molar refractivity (Wildman–Crippen MR) is 109 cm³/mol. The van der Waals surface area contributed by atoms with Gasteiger partial charge in [-0.2, -0.15) is 0 Å². The first-order chi connectivity index (χ1) is 14.6. The Morgan fingerprint density at radius 1 is 0.700 bits per heavy atom. The van der Waals surface area contributed by atoms with Gasteiger partial charge in [-0.05, 0) is 47.9 Å². The molecule has 4 atom stereocenters. The van der Waals surface area contributed by atoms with Gasteiger partial charge in [0.1, 0.15) is 12.2 Å². The monoisotopic (exact) mass is 400 g/mol. The molecular formula is C25H20O5. The van der Waals surface area contributed by atoms with Gasteiger partial charge in [0.25, 0.3) is 0 Å². The predicted octanol–water partition coefficient (Wildman–Crippen LogP) is 4.57. The Morgan fingerprint density at radius 2 is 1.23 bits per heavy atom. The molecule has 4 unspecified atom stereocenters. The maximum atomic E-state index is 12.8. The number of benzene rings is 3. The van der Waals surface area contributed by atoms with Crippen molar-refractivity contribution in [3.8, 4) is 0 Å². The highest BCUT2D eigenvalue weighted by Crippen LogP contribution is 2.54. The second-order valence-corrected chi connectivity index (χ2v) is 7.53. The van der Waals surface area contributed by atoms with Gasteiger partial charge in [0.05, 0.1) is 11.1 Å². The largest absolute Gasteiger partial charge is 0.452 e. The first kappa shape index (κ1) is 18.6. The third kappa shape index (κ3) is 3.08. The zero-order chi connectivity index (χ0) is 20.7. The SMILES string of the molecule is Cc1cccc2c1C1OC2C(OC(=O)c2ccccc2)C1OC(=O)c1ccccc1. The highest BCUT2D eigenvalue weighted by atomic mass is 16.6. The number of hydrogen-bond donors (Lipinski definition) is 0. The molecule has 150 valence electrons. The van der Waals surface area contributed by atoms with E-state index in [0.29, 0.717) is 11.1 Å². The number of carbonyl (C=O) groups excluding carboxylic acids is 2. The average molecular weight is 400 g/mol. The van der Waals surface area contributed by atoms with E-state index in [1.807, 2.05) is 37.3 Å². The van der Waals surface area contributed by atoms with Crippen LogP contribution in [0.1, 0.15) is 49.6 Å². The van der Waals surface area contributed by atoms with Crippen molar-refractivity contribution in [1.29, 1.82) is 0 Å². The molecule has 0 N–H and O–H groups in total. The third-order valence-electron chi connectivity index (χ3n) is 5.67. The summed E-state index contributed by atoms with van der Waals surface area (Å²) in [5, 5.41) is 0. The number of esters is 2. The van der Waals surface area contributed by atoms with Crippen LogP contribution in [-0.2, 0) is 14.2 Å². The van der Waals surface area contributed by atoms with E-state index < -0.39 is 36.4 Å². The molecule has 2 aliphatic rings. The van der Waals surface area contributed by atoms with Crippen molar-refractivity contribution in [2.75, 3.05) is 0 Å². The van der Waals surface area contributed by atoms with Crippen molar-refractivity contribution in [1.82, 2.24) is 0 Å². The lowest BCUT2D eigenvalue weighted by molar-refractivity contribution is -0.0349. The fraction of sp³-hybridized carbons (Fsp3) is 0.200. The molecular weight excluding hydrogens is 380 g/mol. The topological polar surface area (TPSA) is 61.8 Å². The average Bonchev–Trinajstić information content (AvgIpc) is 3.32. The minimum atomic E-state index is -0.719. The maximum absolute atomic E-state index is 12.8. The summed E-state index contributed by atoms with van der Waals surface area (Å²) in [7, 11) is 0. The molecule has 0 radical (unpaired) electrons. The smallest absolute Gasteiger partial charge is 0.338 e. The van der Waals surface area contributed by atoms with Crippen LogP contribution in [0.15, 0.2) is 78.9 Å². The van der Waals surface area contributed by atoms with E-state index in [2.05, 4.69) is 0 Å². The van der Waals surface area contributed by atoms with Crippen molar-refractivity contribution in [3.63, 3.8) is 0 Å². The lowest BCUT2D eigenvalue weighted by Gasteiger charge is -2.29. The first-order valence-electron chi connectivity index (χ1n) is 9.90. The number of fused-ring (bicyclic) bond motifs is 5. The second-order valence-electron chi connectivity index (χ2n) is 7.53. The van der Waals surface area contributed by atoms with E-state index in [1.54, 1.807) is 48.5 Å². The van der Waals surface area contributed by atoms with Gasteiger partial charge in [0.2, 0.25) is 0 Å². The molecule has 0 aliphatic carbocycles. The van der Waals surface area contributed by atoms with E-state index in [4.69, 9.17) is 14.2 Å². The molecule has 0 amide bonds. The van der Waals surface area contributed by atoms with Crippen LogP contribution in [0, 0.1) is 6.92 Å². The van der Waals surface area contributed by atoms with Crippen molar-refractivity contribution in [3.05, 3.63) is 107 Å². The van der Waals surface area contributed by atoms with Crippen molar-refractivity contribution < 1.29 is 23.8 Å². The van der Waals surface area contributed by atoms with Crippen LogP contribution in [0.5, 0.6) is 0 Å². The van der Waals surface area contributed by atoms with Gasteiger partial charge in [0.15, 0.2) is 12.2 Å². The number of carbonyl (C=O) groups is 2. The van der Waals surface area contributed by atoms with Crippen LogP contribution in [-0.4, -0.2) is 24.1 Å². The van der Waals surface area contributed by atoms with E-state index >= 15 is 0 Å². The van der Waals surface area contributed by atoms with E-state index in [9.17, 15) is 9.59 Å². The van der Waals surface area contributed by atoms with Crippen molar-refractivity contribution in [2.24, 2.45) is 0 Å². The van der Waals surface area contributed by atoms with Crippen molar-refractivity contribution in [2.45, 2.75) is 31.3 Å². The molecule has 2 heterocycles. The maximum Gasteiger partial charge on any atom is 0.338 e. The van der Waals surface area contributed by atoms with E-state index in [0.717, 1.165) is 16.7 Å².